The number of nitrogens with one attached hydrogen (secondary N) is 1. The molecule has 3 rings (SSSR count). The smallest absolute Gasteiger partial charge is 0.263 e. The van der Waals surface area contributed by atoms with E-state index in [2.05, 4.69) is 29.0 Å². The standard InChI is InChI=1S/C19H23N5O2S/c1-4-8-13(3)20-16(25)12-27-19-22-21-18-23(11-5-2)17(26)14-9-6-7-10-15(14)24(18)19/h5-7,9-10,13H,2,4,8,11-12H2,1,3H3,(H,20,25)/t13-/m0/s1. The van der Waals surface area contributed by atoms with Gasteiger partial charge in [0.2, 0.25) is 11.7 Å². The summed E-state index contributed by atoms with van der Waals surface area (Å²) in [4.78, 5) is 24.9. The van der Waals surface area contributed by atoms with Crippen LogP contribution < -0.4 is 10.9 Å². The molecule has 0 spiro atoms. The topological polar surface area (TPSA) is 81.3 Å². The highest BCUT2D eigenvalue weighted by Gasteiger charge is 2.17. The number of para-hydroxylation sites is 1. The van der Waals surface area contributed by atoms with E-state index in [1.807, 2.05) is 29.5 Å². The summed E-state index contributed by atoms with van der Waals surface area (Å²) >= 11 is 1.31. The highest BCUT2D eigenvalue weighted by atomic mass is 32.2. The first-order valence-electron chi connectivity index (χ1n) is 8.96. The fourth-order valence-corrected chi connectivity index (χ4v) is 3.82. The van der Waals surface area contributed by atoms with Crippen LogP contribution in [0.4, 0.5) is 0 Å². The van der Waals surface area contributed by atoms with Crippen molar-refractivity contribution >= 4 is 34.3 Å². The molecular formula is C19H23N5O2S. The molecule has 0 saturated carbocycles. The van der Waals surface area contributed by atoms with Gasteiger partial charge < -0.3 is 5.32 Å². The van der Waals surface area contributed by atoms with Gasteiger partial charge in [-0.05, 0) is 25.5 Å². The maximum absolute atomic E-state index is 12.8. The minimum Gasteiger partial charge on any atom is -0.353 e. The predicted molar refractivity (Wildman–Crippen MR) is 108 cm³/mol. The average molecular weight is 385 g/mol. The van der Waals surface area contributed by atoms with Crippen molar-refractivity contribution in [2.75, 3.05) is 5.75 Å². The second-order valence-electron chi connectivity index (χ2n) is 6.39. The molecule has 0 fully saturated rings. The van der Waals surface area contributed by atoms with E-state index in [1.54, 1.807) is 12.1 Å². The Morgan fingerprint density at radius 3 is 2.89 bits per heavy atom. The molecule has 3 aromatic rings. The summed E-state index contributed by atoms with van der Waals surface area (Å²) < 4.78 is 3.36. The van der Waals surface area contributed by atoms with Gasteiger partial charge in [-0.25, -0.2) is 0 Å². The number of allylic oxidation sites excluding steroid dienone is 1. The van der Waals surface area contributed by atoms with Gasteiger partial charge in [-0.3, -0.25) is 18.6 Å². The van der Waals surface area contributed by atoms with E-state index >= 15 is 0 Å². The first-order chi connectivity index (χ1) is 13.1. The number of carbonyl (C=O) groups excluding carboxylic acids is 1. The molecule has 1 aromatic carbocycles. The Bertz CT molecular complexity index is 1040. The van der Waals surface area contributed by atoms with Crippen LogP contribution in [0.3, 0.4) is 0 Å². The number of thioether (sulfide) groups is 1. The number of carbonyl (C=O) groups is 1. The lowest BCUT2D eigenvalue weighted by atomic mass is 10.2. The van der Waals surface area contributed by atoms with Gasteiger partial charge in [-0.2, -0.15) is 0 Å². The Hall–Kier alpha value is -2.61. The Balaban J connectivity index is 1.97. The van der Waals surface area contributed by atoms with E-state index in [0.29, 0.717) is 22.9 Å². The summed E-state index contributed by atoms with van der Waals surface area (Å²) in [6, 6.07) is 7.49. The van der Waals surface area contributed by atoms with Crippen LogP contribution in [-0.2, 0) is 11.3 Å². The molecule has 0 unspecified atom stereocenters. The van der Waals surface area contributed by atoms with E-state index in [4.69, 9.17) is 0 Å². The van der Waals surface area contributed by atoms with Gasteiger partial charge in [0, 0.05) is 12.6 Å². The van der Waals surface area contributed by atoms with Gasteiger partial charge in [0.05, 0.1) is 16.7 Å². The van der Waals surface area contributed by atoms with Crippen LogP contribution in [-0.4, -0.2) is 36.9 Å². The summed E-state index contributed by atoms with van der Waals surface area (Å²) in [6.45, 7) is 8.15. The monoisotopic (exact) mass is 385 g/mol. The number of aromatic nitrogens is 4. The van der Waals surface area contributed by atoms with Crippen LogP contribution in [0.2, 0.25) is 0 Å². The molecule has 0 saturated heterocycles. The van der Waals surface area contributed by atoms with Crippen LogP contribution in [0.25, 0.3) is 16.7 Å². The number of benzene rings is 1. The predicted octanol–water partition coefficient (Wildman–Crippen LogP) is 2.63. The average Bonchev–Trinajstić information content (AvgIpc) is 3.07. The molecule has 1 atom stereocenters. The second kappa shape index (κ2) is 8.39. The third-order valence-electron chi connectivity index (χ3n) is 4.25. The van der Waals surface area contributed by atoms with Gasteiger partial charge in [0.1, 0.15) is 0 Å². The molecule has 142 valence electrons. The summed E-state index contributed by atoms with van der Waals surface area (Å²) in [7, 11) is 0. The van der Waals surface area contributed by atoms with Crippen molar-refractivity contribution in [1.29, 1.82) is 0 Å². The van der Waals surface area contributed by atoms with Gasteiger partial charge in [0.25, 0.3) is 5.56 Å². The van der Waals surface area contributed by atoms with Crippen molar-refractivity contribution in [3.8, 4) is 0 Å². The third kappa shape index (κ3) is 3.90. The van der Waals surface area contributed by atoms with Crippen molar-refractivity contribution in [2.45, 2.75) is 44.4 Å². The highest BCUT2D eigenvalue weighted by molar-refractivity contribution is 7.99. The largest absolute Gasteiger partial charge is 0.353 e. The molecule has 0 radical (unpaired) electrons. The lowest BCUT2D eigenvalue weighted by molar-refractivity contribution is -0.119. The number of amides is 1. The van der Waals surface area contributed by atoms with E-state index < -0.39 is 0 Å². The maximum atomic E-state index is 12.8. The van der Waals surface area contributed by atoms with Crippen molar-refractivity contribution in [3.63, 3.8) is 0 Å². The third-order valence-corrected chi connectivity index (χ3v) is 5.18. The first kappa shape index (κ1) is 19.2. The van der Waals surface area contributed by atoms with Crippen LogP contribution in [0.15, 0.2) is 46.9 Å². The summed E-state index contributed by atoms with van der Waals surface area (Å²) in [5, 5.41) is 12.6. The van der Waals surface area contributed by atoms with Crippen molar-refractivity contribution in [2.24, 2.45) is 0 Å². The van der Waals surface area contributed by atoms with Gasteiger partial charge in [0.15, 0.2) is 5.16 Å². The number of fused-ring (bicyclic) bond motifs is 3. The quantitative estimate of drug-likeness (QED) is 0.476. The molecule has 2 aromatic heterocycles. The molecule has 7 nitrogen and oxygen atoms in total. The van der Waals surface area contributed by atoms with Gasteiger partial charge in [-0.15, -0.1) is 16.8 Å². The van der Waals surface area contributed by atoms with Crippen molar-refractivity contribution in [3.05, 3.63) is 47.3 Å². The van der Waals surface area contributed by atoms with Crippen molar-refractivity contribution in [1.82, 2.24) is 24.5 Å². The first-order valence-corrected chi connectivity index (χ1v) is 9.95. The molecule has 8 heteroatoms. The highest BCUT2D eigenvalue weighted by Crippen LogP contribution is 2.21. The molecule has 0 aliphatic rings. The number of hydrogen-bond donors (Lipinski definition) is 1. The number of rotatable bonds is 8. The van der Waals surface area contributed by atoms with Crippen LogP contribution >= 0.6 is 11.8 Å². The minimum atomic E-state index is -0.131. The fourth-order valence-electron chi connectivity index (χ4n) is 3.07. The number of nitrogens with zero attached hydrogens (tertiary/aromatic N) is 4. The molecular weight excluding hydrogens is 362 g/mol. The maximum Gasteiger partial charge on any atom is 0.263 e. The van der Waals surface area contributed by atoms with E-state index in [1.165, 1.54) is 16.3 Å². The van der Waals surface area contributed by atoms with Gasteiger partial charge >= 0.3 is 0 Å². The van der Waals surface area contributed by atoms with E-state index in [0.717, 1.165) is 18.4 Å². The van der Waals surface area contributed by atoms with Gasteiger partial charge in [-0.1, -0.05) is 43.3 Å². The summed E-state index contributed by atoms with van der Waals surface area (Å²) in [6.07, 6.45) is 3.62. The summed E-state index contributed by atoms with van der Waals surface area (Å²) in [5.41, 5.74) is 0.596. The van der Waals surface area contributed by atoms with E-state index in [-0.39, 0.29) is 23.3 Å². The summed E-state index contributed by atoms with van der Waals surface area (Å²) in [5.74, 6) is 0.645. The zero-order valence-corrected chi connectivity index (χ0v) is 16.3. The zero-order valence-electron chi connectivity index (χ0n) is 15.5. The Morgan fingerprint density at radius 1 is 1.37 bits per heavy atom. The minimum absolute atomic E-state index is 0.0404. The SMILES string of the molecule is C=CCn1c(=O)c2ccccc2n2c(SCC(=O)N[C@@H](C)CCC)nnc12. The molecule has 0 aliphatic carbocycles. The normalized spacial score (nSPS) is 12.4. The lowest BCUT2D eigenvalue weighted by Crippen LogP contribution is -2.33. The molecule has 0 bridgehead atoms. The molecule has 1 N–H and O–H groups in total. The van der Waals surface area contributed by atoms with E-state index in [9.17, 15) is 9.59 Å². The van der Waals surface area contributed by atoms with Crippen molar-refractivity contribution < 1.29 is 4.79 Å². The molecule has 0 aliphatic heterocycles. The van der Waals surface area contributed by atoms with Crippen LogP contribution in [0.1, 0.15) is 26.7 Å². The molecule has 1 amide bonds. The molecule has 27 heavy (non-hydrogen) atoms. The Labute approximate surface area is 161 Å². The van der Waals surface area contributed by atoms with Crippen LogP contribution in [0, 0.1) is 0 Å². The Kier molecular flexibility index (Phi) is 5.95. The zero-order chi connectivity index (χ0) is 19.4. The molecule has 2 heterocycles. The number of hydrogen-bond acceptors (Lipinski definition) is 5. The lowest BCUT2D eigenvalue weighted by Gasteiger charge is -2.12. The van der Waals surface area contributed by atoms with Crippen LogP contribution in [0.5, 0.6) is 0 Å². The second-order valence-corrected chi connectivity index (χ2v) is 7.33. The fraction of sp³-hybridized carbons (Fsp3) is 0.368. The Morgan fingerprint density at radius 2 is 2.15 bits per heavy atom.